The van der Waals surface area contributed by atoms with Crippen molar-refractivity contribution in [2.24, 2.45) is 17.8 Å². The summed E-state index contributed by atoms with van der Waals surface area (Å²) in [4.78, 5) is 12.9. The number of nitrogens with one attached hydrogen (secondary N) is 1. The Labute approximate surface area is 159 Å². The van der Waals surface area contributed by atoms with Crippen molar-refractivity contribution in [2.45, 2.75) is 43.1 Å². The van der Waals surface area contributed by atoms with Gasteiger partial charge in [0.15, 0.2) is 0 Å². The lowest BCUT2D eigenvalue weighted by Crippen LogP contribution is -2.48. The summed E-state index contributed by atoms with van der Waals surface area (Å²) in [5.41, 5.74) is 0.878. The molecular formula is C20H27NO2S2. The van der Waals surface area contributed by atoms with E-state index in [0.29, 0.717) is 22.5 Å². The van der Waals surface area contributed by atoms with Crippen molar-refractivity contribution in [3.63, 3.8) is 0 Å². The van der Waals surface area contributed by atoms with Crippen molar-refractivity contribution in [2.75, 3.05) is 23.4 Å². The molecule has 1 heterocycles. The predicted octanol–water partition coefficient (Wildman–Crippen LogP) is 5.03. The maximum atomic E-state index is 12.9. The van der Waals surface area contributed by atoms with Crippen LogP contribution < -0.4 is 10.1 Å². The first-order chi connectivity index (χ1) is 12.2. The molecule has 0 aromatic heterocycles. The second-order valence-corrected chi connectivity index (χ2v) is 10.4. The third-order valence-electron chi connectivity index (χ3n) is 5.92. The van der Waals surface area contributed by atoms with Gasteiger partial charge in [-0.05, 0) is 68.7 Å². The Kier molecular flexibility index (Phi) is 5.23. The molecule has 2 atom stereocenters. The van der Waals surface area contributed by atoms with Crippen LogP contribution in [0.25, 0.3) is 0 Å². The van der Waals surface area contributed by atoms with Crippen LogP contribution in [-0.4, -0.2) is 28.1 Å². The van der Waals surface area contributed by atoms with Gasteiger partial charge < -0.3 is 10.1 Å². The van der Waals surface area contributed by atoms with Crippen LogP contribution in [0.1, 0.15) is 39.0 Å². The normalized spacial score (nSPS) is 30.2. The summed E-state index contributed by atoms with van der Waals surface area (Å²) in [5, 5.41) is 3.14. The number of rotatable bonds is 4. The largest absolute Gasteiger partial charge is 0.494 e. The van der Waals surface area contributed by atoms with E-state index in [1.807, 2.05) is 31.2 Å². The number of benzene rings is 1. The smallest absolute Gasteiger partial charge is 0.227 e. The maximum Gasteiger partial charge on any atom is 0.227 e. The number of amides is 1. The summed E-state index contributed by atoms with van der Waals surface area (Å²) in [6.07, 6.45) is 6.11. The highest BCUT2D eigenvalue weighted by molar-refractivity contribution is 8.21. The fourth-order valence-electron chi connectivity index (χ4n) is 4.87. The molecule has 2 bridgehead atoms. The Bertz CT molecular complexity index is 597. The van der Waals surface area contributed by atoms with Crippen LogP contribution >= 0.6 is 23.5 Å². The molecule has 25 heavy (non-hydrogen) atoms. The first-order valence-corrected chi connectivity index (χ1v) is 11.5. The van der Waals surface area contributed by atoms with E-state index in [9.17, 15) is 4.79 Å². The quantitative estimate of drug-likeness (QED) is 0.799. The van der Waals surface area contributed by atoms with Crippen LogP contribution in [0, 0.1) is 17.8 Å². The highest BCUT2D eigenvalue weighted by Gasteiger charge is 2.55. The van der Waals surface area contributed by atoms with Crippen LogP contribution in [0.15, 0.2) is 24.3 Å². The number of hydrogen-bond acceptors (Lipinski definition) is 4. The number of carbonyl (C=O) groups is 1. The molecule has 1 aliphatic heterocycles. The number of anilines is 1. The molecule has 1 saturated heterocycles. The number of ether oxygens (including phenoxy) is 1. The lowest BCUT2D eigenvalue weighted by Gasteiger charge is -2.52. The Morgan fingerprint density at radius 2 is 1.80 bits per heavy atom. The number of hydrogen-bond donors (Lipinski definition) is 1. The Balaban J connectivity index is 1.41. The van der Waals surface area contributed by atoms with Gasteiger partial charge in [0, 0.05) is 23.1 Å². The van der Waals surface area contributed by atoms with Crippen molar-refractivity contribution < 1.29 is 9.53 Å². The molecule has 4 rings (SSSR count). The van der Waals surface area contributed by atoms with Crippen LogP contribution in [0.3, 0.4) is 0 Å². The highest BCUT2D eigenvalue weighted by atomic mass is 32.2. The van der Waals surface area contributed by atoms with Crippen LogP contribution in [0.2, 0.25) is 0 Å². The maximum absolute atomic E-state index is 12.9. The predicted molar refractivity (Wildman–Crippen MR) is 107 cm³/mol. The molecule has 3 nitrogen and oxygen atoms in total. The zero-order valence-corrected chi connectivity index (χ0v) is 16.5. The average molecular weight is 378 g/mol. The third-order valence-corrected chi connectivity index (χ3v) is 9.94. The molecule has 1 aromatic rings. The van der Waals surface area contributed by atoms with E-state index in [0.717, 1.165) is 24.3 Å². The standard InChI is InChI=1S/C20H27NO2S2/c1-2-23-18-8-6-17(7-9-18)21-19(22)14-12-15-4-3-5-16(13-14)20(15)24-10-11-25-20/h6-9,14-16H,2-5,10-13H2,1H3,(H,21,22). The van der Waals surface area contributed by atoms with Gasteiger partial charge in [0.2, 0.25) is 5.91 Å². The summed E-state index contributed by atoms with van der Waals surface area (Å²) >= 11 is 4.40. The second-order valence-electron chi connectivity index (χ2n) is 7.36. The van der Waals surface area contributed by atoms with Gasteiger partial charge in [-0.15, -0.1) is 23.5 Å². The molecule has 2 unspecified atom stereocenters. The summed E-state index contributed by atoms with van der Waals surface area (Å²) in [6.45, 7) is 2.64. The summed E-state index contributed by atoms with van der Waals surface area (Å²) in [5.74, 6) is 5.26. The van der Waals surface area contributed by atoms with E-state index in [2.05, 4.69) is 28.8 Å². The SMILES string of the molecule is CCOc1ccc(NC(=O)C2CC3CCCC(C2)C32SCCS2)cc1. The van der Waals surface area contributed by atoms with Gasteiger partial charge in [0.05, 0.1) is 10.7 Å². The van der Waals surface area contributed by atoms with Gasteiger partial charge in [-0.1, -0.05) is 6.42 Å². The van der Waals surface area contributed by atoms with E-state index in [4.69, 9.17) is 4.74 Å². The molecule has 0 radical (unpaired) electrons. The monoisotopic (exact) mass is 377 g/mol. The van der Waals surface area contributed by atoms with Crippen molar-refractivity contribution in [3.8, 4) is 5.75 Å². The lowest BCUT2D eigenvalue weighted by atomic mass is 9.67. The van der Waals surface area contributed by atoms with Crippen LogP contribution in [0.5, 0.6) is 5.75 Å². The average Bonchev–Trinajstić information content (AvgIpc) is 3.06. The van der Waals surface area contributed by atoms with E-state index >= 15 is 0 Å². The molecule has 1 aromatic carbocycles. The minimum absolute atomic E-state index is 0.175. The van der Waals surface area contributed by atoms with E-state index in [-0.39, 0.29) is 11.8 Å². The van der Waals surface area contributed by atoms with E-state index in [1.165, 1.54) is 30.8 Å². The molecule has 136 valence electrons. The Hall–Kier alpha value is -0.810. The highest BCUT2D eigenvalue weighted by Crippen LogP contribution is 2.64. The Morgan fingerprint density at radius 3 is 2.40 bits per heavy atom. The van der Waals surface area contributed by atoms with Crippen LogP contribution in [-0.2, 0) is 4.79 Å². The minimum atomic E-state index is 0.175. The van der Waals surface area contributed by atoms with Crippen molar-refractivity contribution in [1.82, 2.24) is 0 Å². The topological polar surface area (TPSA) is 38.3 Å². The molecule has 1 spiro atoms. The van der Waals surface area contributed by atoms with Crippen molar-refractivity contribution >= 4 is 35.1 Å². The molecule has 2 aliphatic carbocycles. The molecule has 1 N–H and O–H groups in total. The summed E-state index contributed by atoms with van der Waals surface area (Å²) in [6, 6.07) is 7.73. The fourth-order valence-corrected chi connectivity index (χ4v) is 8.81. The number of carbonyl (C=O) groups excluding carboxylic acids is 1. The van der Waals surface area contributed by atoms with Gasteiger partial charge in [-0.2, -0.15) is 0 Å². The third kappa shape index (κ3) is 3.42. The molecule has 1 amide bonds. The van der Waals surface area contributed by atoms with Gasteiger partial charge in [0.1, 0.15) is 5.75 Å². The van der Waals surface area contributed by atoms with Gasteiger partial charge in [0.25, 0.3) is 0 Å². The lowest BCUT2D eigenvalue weighted by molar-refractivity contribution is -0.122. The fraction of sp³-hybridized carbons (Fsp3) is 0.650. The summed E-state index contributed by atoms with van der Waals surface area (Å²) in [7, 11) is 0. The second kappa shape index (κ2) is 7.43. The minimum Gasteiger partial charge on any atom is -0.494 e. The first kappa shape index (κ1) is 17.6. The zero-order valence-electron chi connectivity index (χ0n) is 14.8. The zero-order chi connectivity index (χ0) is 17.3. The molecule has 3 aliphatic rings. The van der Waals surface area contributed by atoms with Gasteiger partial charge in [-0.25, -0.2) is 0 Å². The molecule has 3 fully saturated rings. The Morgan fingerprint density at radius 1 is 1.16 bits per heavy atom. The number of thioether (sulfide) groups is 2. The van der Waals surface area contributed by atoms with E-state index in [1.54, 1.807) is 0 Å². The van der Waals surface area contributed by atoms with Gasteiger partial charge >= 0.3 is 0 Å². The molecule has 2 saturated carbocycles. The first-order valence-electron chi connectivity index (χ1n) is 9.53. The van der Waals surface area contributed by atoms with Crippen molar-refractivity contribution in [1.29, 1.82) is 0 Å². The van der Waals surface area contributed by atoms with Gasteiger partial charge in [-0.3, -0.25) is 4.79 Å². The molecular weight excluding hydrogens is 350 g/mol. The van der Waals surface area contributed by atoms with Crippen molar-refractivity contribution in [3.05, 3.63) is 24.3 Å². The van der Waals surface area contributed by atoms with Crippen LogP contribution in [0.4, 0.5) is 5.69 Å². The summed E-state index contributed by atoms with van der Waals surface area (Å²) < 4.78 is 5.91. The molecule has 5 heteroatoms. The van der Waals surface area contributed by atoms with E-state index < -0.39 is 0 Å².